The number of carbonyl (C=O) groups excluding carboxylic acids is 1. The van der Waals surface area contributed by atoms with E-state index in [-0.39, 0.29) is 11.0 Å². The van der Waals surface area contributed by atoms with Crippen molar-refractivity contribution in [2.45, 2.75) is 20.5 Å². The third kappa shape index (κ3) is 5.85. The molecule has 0 bridgehead atoms. The second kappa shape index (κ2) is 11.0. The Balaban J connectivity index is 1.23. The number of hydrogen-bond donors (Lipinski definition) is 2. The monoisotopic (exact) mass is 541 g/mol. The van der Waals surface area contributed by atoms with Gasteiger partial charge in [0.15, 0.2) is 10.7 Å². The lowest BCUT2D eigenvalue weighted by Crippen LogP contribution is -2.34. The number of thiocarbonyl (C=S) groups is 1. The zero-order valence-corrected chi connectivity index (χ0v) is 22.3. The first-order valence-corrected chi connectivity index (χ1v) is 12.7. The van der Waals surface area contributed by atoms with Gasteiger partial charge in [-0.1, -0.05) is 48.0 Å². The number of carbonyl (C=O) groups is 1. The highest BCUT2D eigenvalue weighted by Gasteiger charge is 2.14. The summed E-state index contributed by atoms with van der Waals surface area (Å²) < 4.78 is 11.8. The molecule has 1 amide bonds. The van der Waals surface area contributed by atoms with Gasteiger partial charge in [0.2, 0.25) is 5.89 Å². The molecule has 0 radical (unpaired) electrons. The van der Waals surface area contributed by atoms with Gasteiger partial charge in [0.25, 0.3) is 5.91 Å². The van der Waals surface area contributed by atoms with Crippen LogP contribution in [0.1, 0.15) is 27.0 Å². The first kappa shape index (κ1) is 25.4. The quantitative estimate of drug-likeness (QED) is 0.217. The number of aryl methyl sites for hydroxylation is 2. The number of fused-ring (bicyclic) bond motifs is 1. The number of halogens is 1. The number of hydrogen-bond acceptors (Lipinski definition) is 5. The molecular weight excluding hydrogens is 518 g/mol. The van der Waals surface area contributed by atoms with Gasteiger partial charge in [-0.05, 0) is 91.3 Å². The molecule has 0 aliphatic heterocycles. The Labute approximate surface area is 230 Å². The molecule has 0 aliphatic carbocycles. The van der Waals surface area contributed by atoms with Crippen molar-refractivity contribution in [3.05, 3.63) is 112 Å². The topological polar surface area (TPSA) is 76.4 Å². The summed E-state index contributed by atoms with van der Waals surface area (Å²) in [6, 6.07) is 26.1. The average molecular weight is 542 g/mol. The van der Waals surface area contributed by atoms with E-state index in [9.17, 15) is 4.79 Å². The van der Waals surface area contributed by atoms with E-state index in [1.165, 1.54) is 0 Å². The Morgan fingerprint density at radius 3 is 2.53 bits per heavy atom. The van der Waals surface area contributed by atoms with Crippen LogP contribution in [0.25, 0.3) is 22.6 Å². The number of ether oxygens (including phenoxy) is 1. The lowest BCUT2D eigenvalue weighted by Gasteiger charge is -2.12. The molecule has 0 saturated carbocycles. The summed E-state index contributed by atoms with van der Waals surface area (Å²) in [5, 5.41) is 6.24. The van der Waals surface area contributed by atoms with E-state index < -0.39 is 0 Å². The van der Waals surface area contributed by atoms with Crippen molar-refractivity contribution in [2.24, 2.45) is 0 Å². The van der Waals surface area contributed by atoms with Crippen LogP contribution < -0.4 is 15.4 Å². The number of anilines is 1. The highest BCUT2D eigenvalue weighted by molar-refractivity contribution is 7.80. The van der Waals surface area contributed by atoms with Crippen LogP contribution in [0.2, 0.25) is 5.02 Å². The maximum absolute atomic E-state index is 12.7. The fourth-order valence-corrected chi connectivity index (χ4v) is 4.39. The van der Waals surface area contributed by atoms with Gasteiger partial charge in [-0.25, -0.2) is 4.98 Å². The molecule has 0 aliphatic rings. The zero-order chi connectivity index (χ0) is 26.6. The minimum absolute atomic E-state index is 0.113. The van der Waals surface area contributed by atoms with Crippen LogP contribution in [0.15, 0.2) is 89.3 Å². The fraction of sp³-hybridized carbons (Fsp3) is 0.100. The second-order valence-corrected chi connectivity index (χ2v) is 9.67. The number of nitrogens with one attached hydrogen (secondary N) is 2. The smallest absolute Gasteiger partial charge is 0.257 e. The Morgan fingerprint density at radius 2 is 1.76 bits per heavy atom. The van der Waals surface area contributed by atoms with Crippen molar-refractivity contribution < 1.29 is 13.9 Å². The summed E-state index contributed by atoms with van der Waals surface area (Å²) in [6.07, 6.45) is 0. The molecule has 0 saturated heterocycles. The van der Waals surface area contributed by atoms with Crippen LogP contribution in [0.4, 0.5) is 5.69 Å². The Morgan fingerprint density at radius 1 is 1.00 bits per heavy atom. The van der Waals surface area contributed by atoms with Gasteiger partial charge < -0.3 is 14.5 Å². The normalized spacial score (nSPS) is 10.8. The van der Waals surface area contributed by atoms with E-state index >= 15 is 0 Å². The van der Waals surface area contributed by atoms with Gasteiger partial charge in [-0.3, -0.25) is 10.1 Å². The molecule has 0 unspecified atom stereocenters. The molecule has 0 spiro atoms. The third-order valence-corrected chi connectivity index (χ3v) is 6.41. The molecule has 4 aromatic carbocycles. The van der Waals surface area contributed by atoms with Crippen molar-refractivity contribution in [1.29, 1.82) is 0 Å². The lowest BCUT2D eigenvalue weighted by molar-refractivity contribution is 0.0977. The number of rotatable bonds is 6. The van der Waals surface area contributed by atoms with Crippen LogP contribution in [0.3, 0.4) is 0 Å². The highest BCUT2D eigenvalue weighted by atomic mass is 35.5. The summed E-state index contributed by atoms with van der Waals surface area (Å²) in [5.41, 5.74) is 6.43. The molecule has 5 rings (SSSR count). The molecular formula is C30H24ClN3O3S. The number of oxazole rings is 1. The predicted molar refractivity (Wildman–Crippen MR) is 155 cm³/mol. The average Bonchev–Trinajstić information content (AvgIpc) is 3.34. The van der Waals surface area contributed by atoms with Crippen molar-refractivity contribution in [2.75, 3.05) is 5.32 Å². The van der Waals surface area contributed by atoms with Crippen LogP contribution in [0, 0.1) is 13.8 Å². The standard InChI is InChI=1S/C30H24ClN3O3S/c1-18-14-19(2)27-26(15-18)32-29(37-27)22-10-13-24(31)25(16-22)33-30(38)34-28(35)21-8-11-23(12-9-21)36-17-20-6-4-3-5-7-20/h3-16H,17H2,1-2H3,(H2,33,34,35,38). The molecule has 0 atom stereocenters. The third-order valence-electron chi connectivity index (χ3n) is 5.87. The van der Waals surface area contributed by atoms with Gasteiger partial charge >= 0.3 is 0 Å². The van der Waals surface area contributed by atoms with Crippen LogP contribution in [0.5, 0.6) is 5.75 Å². The minimum atomic E-state index is -0.353. The second-order valence-electron chi connectivity index (χ2n) is 8.85. The first-order valence-electron chi connectivity index (χ1n) is 11.9. The highest BCUT2D eigenvalue weighted by Crippen LogP contribution is 2.31. The molecule has 1 aromatic heterocycles. The van der Waals surface area contributed by atoms with Gasteiger partial charge in [-0.15, -0.1) is 0 Å². The van der Waals surface area contributed by atoms with Crippen LogP contribution in [-0.2, 0) is 6.61 Å². The summed E-state index contributed by atoms with van der Waals surface area (Å²) in [6.45, 7) is 4.46. The van der Waals surface area contributed by atoms with Crippen LogP contribution in [-0.4, -0.2) is 16.0 Å². The fourth-order valence-electron chi connectivity index (χ4n) is 4.03. The van der Waals surface area contributed by atoms with Crippen LogP contribution >= 0.6 is 23.8 Å². The van der Waals surface area contributed by atoms with Crippen molar-refractivity contribution in [1.82, 2.24) is 10.3 Å². The molecule has 2 N–H and O–H groups in total. The van der Waals surface area contributed by atoms with Gasteiger partial charge in [0.1, 0.15) is 17.9 Å². The molecule has 6 nitrogen and oxygen atoms in total. The summed E-state index contributed by atoms with van der Waals surface area (Å²) >= 11 is 11.8. The summed E-state index contributed by atoms with van der Waals surface area (Å²) in [7, 11) is 0. The first-order chi connectivity index (χ1) is 18.4. The largest absolute Gasteiger partial charge is 0.489 e. The molecule has 38 heavy (non-hydrogen) atoms. The Bertz CT molecular complexity index is 1630. The number of aromatic nitrogens is 1. The van der Waals surface area contributed by atoms with E-state index in [1.807, 2.05) is 56.3 Å². The number of benzene rings is 4. The van der Waals surface area contributed by atoms with Crippen molar-refractivity contribution >= 4 is 51.6 Å². The maximum Gasteiger partial charge on any atom is 0.257 e. The van der Waals surface area contributed by atoms with E-state index in [2.05, 4.69) is 21.7 Å². The Hall–Kier alpha value is -4.20. The van der Waals surface area contributed by atoms with E-state index in [0.717, 1.165) is 33.4 Å². The van der Waals surface area contributed by atoms with Crippen molar-refractivity contribution in [3.63, 3.8) is 0 Å². The predicted octanol–water partition coefficient (Wildman–Crippen LogP) is 7.47. The Kier molecular flexibility index (Phi) is 7.40. The molecule has 8 heteroatoms. The van der Waals surface area contributed by atoms with Crippen molar-refractivity contribution in [3.8, 4) is 17.2 Å². The van der Waals surface area contributed by atoms with E-state index in [1.54, 1.807) is 36.4 Å². The number of amides is 1. The lowest BCUT2D eigenvalue weighted by atomic mass is 10.1. The minimum Gasteiger partial charge on any atom is -0.489 e. The SMILES string of the molecule is Cc1cc(C)c2oc(-c3ccc(Cl)c(NC(=S)NC(=O)c4ccc(OCc5ccccc5)cc4)c3)nc2c1. The summed E-state index contributed by atoms with van der Waals surface area (Å²) in [5.74, 6) is 0.784. The van der Waals surface area contributed by atoms with E-state index in [0.29, 0.717) is 34.5 Å². The summed E-state index contributed by atoms with van der Waals surface area (Å²) in [4.78, 5) is 17.4. The molecule has 1 heterocycles. The molecule has 190 valence electrons. The van der Waals surface area contributed by atoms with Gasteiger partial charge in [-0.2, -0.15) is 0 Å². The molecule has 0 fully saturated rings. The maximum atomic E-state index is 12.7. The number of nitrogens with zero attached hydrogens (tertiary/aromatic N) is 1. The molecule has 5 aromatic rings. The van der Waals surface area contributed by atoms with Gasteiger partial charge in [0, 0.05) is 11.1 Å². The zero-order valence-electron chi connectivity index (χ0n) is 20.7. The van der Waals surface area contributed by atoms with Gasteiger partial charge in [0.05, 0.1) is 10.7 Å². The van der Waals surface area contributed by atoms with E-state index in [4.69, 9.17) is 33.0 Å².